The van der Waals surface area contributed by atoms with E-state index in [4.69, 9.17) is 5.73 Å². The Labute approximate surface area is 152 Å². The highest BCUT2D eigenvalue weighted by atomic mass is 35.5. The molecule has 0 saturated carbocycles. The number of likely N-dealkylation sites (tertiary alicyclic amines) is 1. The van der Waals surface area contributed by atoms with Gasteiger partial charge < -0.3 is 10.6 Å². The monoisotopic (exact) mass is 381 g/mol. The van der Waals surface area contributed by atoms with Crippen LogP contribution in [0.3, 0.4) is 0 Å². The van der Waals surface area contributed by atoms with Crippen molar-refractivity contribution in [3.8, 4) is 0 Å². The van der Waals surface area contributed by atoms with Crippen LogP contribution < -0.4 is 5.73 Å². The molecule has 0 aromatic heterocycles. The fourth-order valence-electron chi connectivity index (χ4n) is 3.62. The number of carbonyl (C=O) groups excluding carboxylic acids is 1. The molecule has 8 heteroatoms. The first-order chi connectivity index (χ1) is 10.9. The quantitative estimate of drug-likeness (QED) is 0.757. The van der Waals surface area contributed by atoms with Gasteiger partial charge in [0.25, 0.3) is 0 Å². The molecule has 2 atom stereocenters. The van der Waals surface area contributed by atoms with E-state index in [0.29, 0.717) is 38.4 Å². The topological polar surface area (TPSA) is 83.7 Å². The molecule has 2 rings (SSSR count). The summed E-state index contributed by atoms with van der Waals surface area (Å²) in [5.41, 5.74) is 5.95. The Bertz CT molecular complexity index is 505. The molecule has 0 radical (unpaired) electrons. The summed E-state index contributed by atoms with van der Waals surface area (Å²) in [5, 5.41) is 0. The molecule has 0 aliphatic carbocycles. The van der Waals surface area contributed by atoms with Crippen LogP contribution in [0.25, 0.3) is 0 Å². The summed E-state index contributed by atoms with van der Waals surface area (Å²) in [7, 11) is -3.31. The van der Waals surface area contributed by atoms with Gasteiger partial charge in [0.1, 0.15) is 6.04 Å². The summed E-state index contributed by atoms with van der Waals surface area (Å²) in [6.45, 7) is 5.87. The van der Waals surface area contributed by atoms with E-state index in [1.165, 1.54) is 4.31 Å². The van der Waals surface area contributed by atoms with Gasteiger partial charge >= 0.3 is 0 Å². The summed E-state index contributed by atoms with van der Waals surface area (Å²) in [4.78, 5) is 14.6. The molecule has 2 aliphatic rings. The molecule has 0 aromatic carbocycles. The van der Waals surface area contributed by atoms with Gasteiger partial charge in [0.05, 0.1) is 5.75 Å². The van der Waals surface area contributed by atoms with Crippen LogP contribution in [0.2, 0.25) is 0 Å². The minimum absolute atomic E-state index is 0. The normalized spacial score (nSPS) is 24.6. The second-order valence-electron chi connectivity index (χ2n) is 6.96. The number of nitrogens with two attached hydrogens (primary N) is 1. The number of hydrogen-bond acceptors (Lipinski definition) is 4. The number of hydrogen-bond donors (Lipinski definition) is 1. The van der Waals surface area contributed by atoms with Crippen LogP contribution >= 0.6 is 12.4 Å². The second-order valence-corrected chi connectivity index (χ2v) is 9.00. The second kappa shape index (κ2) is 9.36. The van der Waals surface area contributed by atoms with Crippen LogP contribution in [0.5, 0.6) is 0 Å². The lowest BCUT2D eigenvalue weighted by Crippen LogP contribution is -2.51. The van der Waals surface area contributed by atoms with Gasteiger partial charge in [0, 0.05) is 25.7 Å². The van der Waals surface area contributed by atoms with Crippen LogP contribution in [0.4, 0.5) is 0 Å². The average Bonchev–Trinajstić information content (AvgIpc) is 3.03. The zero-order chi connectivity index (χ0) is 17.0. The molecule has 142 valence electrons. The number of sulfonamides is 1. The molecule has 24 heavy (non-hydrogen) atoms. The molecule has 2 fully saturated rings. The van der Waals surface area contributed by atoms with Gasteiger partial charge in [-0.05, 0) is 44.9 Å². The van der Waals surface area contributed by atoms with Gasteiger partial charge in [-0.3, -0.25) is 4.79 Å². The summed E-state index contributed by atoms with van der Waals surface area (Å²) < 4.78 is 26.4. The zero-order valence-electron chi connectivity index (χ0n) is 14.8. The van der Waals surface area contributed by atoms with Gasteiger partial charge in [-0.15, -0.1) is 12.4 Å². The molecule has 2 N–H and O–H groups in total. The number of amides is 1. The van der Waals surface area contributed by atoms with Crippen LogP contribution in [-0.4, -0.2) is 61.0 Å². The standard InChI is InChI=1S/C16H31N3O3S.ClH/c1-3-4-12-23(21,22)19-9-5-6-15(19)16(20)18-10-7-14(8-11-18)13(2)17;/h13-15H,3-12,17H2,1-2H3;1H. The molecule has 0 bridgehead atoms. The Morgan fingerprint density at radius 2 is 1.83 bits per heavy atom. The Morgan fingerprint density at radius 3 is 2.38 bits per heavy atom. The lowest BCUT2D eigenvalue weighted by atomic mass is 9.90. The largest absolute Gasteiger partial charge is 0.341 e. The van der Waals surface area contributed by atoms with Crippen LogP contribution in [-0.2, 0) is 14.8 Å². The van der Waals surface area contributed by atoms with Gasteiger partial charge in [0.15, 0.2) is 0 Å². The highest BCUT2D eigenvalue weighted by Crippen LogP contribution is 2.26. The van der Waals surface area contributed by atoms with E-state index in [1.54, 1.807) is 0 Å². The minimum atomic E-state index is -3.31. The van der Waals surface area contributed by atoms with E-state index in [2.05, 4.69) is 0 Å². The molecular weight excluding hydrogens is 350 g/mol. The van der Waals surface area contributed by atoms with E-state index in [9.17, 15) is 13.2 Å². The van der Waals surface area contributed by atoms with Gasteiger partial charge in [0.2, 0.25) is 15.9 Å². The highest BCUT2D eigenvalue weighted by Gasteiger charge is 2.40. The van der Waals surface area contributed by atoms with E-state index in [0.717, 1.165) is 25.7 Å². The average molecular weight is 382 g/mol. The maximum atomic E-state index is 12.8. The molecule has 2 heterocycles. The van der Waals surface area contributed by atoms with Crippen LogP contribution in [0, 0.1) is 5.92 Å². The van der Waals surface area contributed by atoms with Gasteiger partial charge in [-0.25, -0.2) is 8.42 Å². The lowest BCUT2D eigenvalue weighted by molar-refractivity contribution is -0.136. The summed E-state index contributed by atoms with van der Waals surface area (Å²) >= 11 is 0. The SMILES string of the molecule is CCCCS(=O)(=O)N1CCCC1C(=O)N1CCC(C(C)N)CC1.Cl. The van der Waals surface area contributed by atoms with E-state index in [-0.39, 0.29) is 30.1 Å². The third kappa shape index (κ3) is 5.07. The van der Waals surface area contributed by atoms with Gasteiger partial charge in [-0.1, -0.05) is 13.3 Å². The van der Waals surface area contributed by atoms with Crippen molar-refractivity contribution in [3.63, 3.8) is 0 Å². The number of carbonyl (C=O) groups is 1. The smallest absolute Gasteiger partial charge is 0.241 e. The van der Waals surface area contributed by atoms with Crippen molar-refractivity contribution in [2.75, 3.05) is 25.4 Å². The first kappa shape index (κ1) is 21.7. The fourth-order valence-corrected chi connectivity index (χ4v) is 5.50. The number of halogens is 1. The first-order valence-corrected chi connectivity index (χ1v) is 10.5. The molecule has 2 saturated heterocycles. The molecular formula is C16H32ClN3O3S. The number of nitrogens with zero attached hydrogens (tertiary/aromatic N) is 2. The Balaban J connectivity index is 0.00000288. The molecule has 2 aliphatic heterocycles. The molecule has 2 unspecified atom stereocenters. The van der Waals surface area contributed by atoms with Crippen LogP contribution in [0.1, 0.15) is 52.4 Å². The summed E-state index contributed by atoms with van der Waals surface area (Å²) in [5.74, 6) is 0.609. The zero-order valence-corrected chi connectivity index (χ0v) is 16.4. The highest BCUT2D eigenvalue weighted by molar-refractivity contribution is 7.89. The Hall–Kier alpha value is -0.370. The third-order valence-electron chi connectivity index (χ3n) is 5.20. The number of unbranched alkanes of at least 4 members (excludes halogenated alkanes) is 1. The van der Waals surface area contributed by atoms with E-state index in [1.807, 2.05) is 18.7 Å². The molecule has 6 nitrogen and oxygen atoms in total. The maximum absolute atomic E-state index is 12.8. The predicted octanol–water partition coefficient (Wildman–Crippen LogP) is 1.59. The maximum Gasteiger partial charge on any atom is 0.241 e. The number of rotatable bonds is 6. The van der Waals surface area contributed by atoms with Crippen molar-refractivity contribution in [1.82, 2.24) is 9.21 Å². The Kier molecular flexibility index (Phi) is 8.45. The van der Waals surface area contributed by atoms with Crippen molar-refractivity contribution in [2.24, 2.45) is 11.7 Å². The third-order valence-corrected chi connectivity index (χ3v) is 7.15. The van der Waals surface area contributed by atoms with Gasteiger partial charge in [-0.2, -0.15) is 4.31 Å². The van der Waals surface area contributed by atoms with Crippen molar-refractivity contribution in [1.29, 1.82) is 0 Å². The number of piperidine rings is 1. The van der Waals surface area contributed by atoms with E-state index >= 15 is 0 Å². The van der Waals surface area contributed by atoms with Crippen molar-refractivity contribution < 1.29 is 13.2 Å². The lowest BCUT2D eigenvalue weighted by Gasteiger charge is -2.36. The van der Waals surface area contributed by atoms with Crippen LogP contribution in [0.15, 0.2) is 0 Å². The summed E-state index contributed by atoms with van der Waals surface area (Å²) in [6.07, 6.45) is 4.75. The summed E-state index contributed by atoms with van der Waals surface area (Å²) in [6, 6.07) is -0.326. The van der Waals surface area contributed by atoms with Crippen molar-refractivity contribution in [3.05, 3.63) is 0 Å². The molecule has 0 aromatic rings. The molecule has 0 spiro atoms. The van der Waals surface area contributed by atoms with Crippen molar-refractivity contribution in [2.45, 2.75) is 64.5 Å². The Morgan fingerprint density at radius 1 is 1.21 bits per heavy atom. The van der Waals surface area contributed by atoms with Crippen molar-refractivity contribution >= 4 is 28.3 Å². The molecule has 1 amide bonds. The minimum Gasteiger partial charge on any atom is -0.341 e. The fraction of sp³-hybridized carbons (Fsp3) is 0.938. The predicted molar refractivity (Wildman–Crippen MR) is 98.6 cm³/mol. The van der Waals surface area contributed by atoms with E-state index < -0.39 is 16.1 Å². The first-order valence-electron chi connectivity index (χ1n) is 8.90.